The van der Waals surface area contributed by atoms with E-state index in [4.69, 9.17) is 10.5 Å². The molecule has 1 aromatic rings. The largest absolute Gasteiger partial charge is 0.492 e. The Bertz CT molecular complexity index is 696. The summed E-state index contributed by atoms with van der Waals surface area (Å²) >= 11 is 0. The number of benzene rings is 1. The first-order valence-corrected chi connectivity index (χ1v) is 13.3. The highest BCUT2D eigenvalue weighted by Gasteiger charge is 2.22. The van der Waals surface area contributed by atoms with E-state index in [0.29, 0.717) is 18.7 Å². The normalized spacial score (nSPS) is 12.1. The maximum absolute atomic E-state index is 12.4. The molecule has 0 aliphatic rings. The molecule has 0 fully saturated rings. The van der Waals surface area contributed by atoms with Crippen molar-refractivity contribution < 1.29 is 9.53 Å². The molecule has 0 aliphatic heterocycles. The second-order valence-electron chi connectivity index (χ2n) is 10.5. The summed E-state index contributed by atoms with van der Waals surface area (Å²) in [5.41, 5.74) is 6.23. The maximum atomic E-state index is 12.4. The molecule has 0 aliphatic carbocycles. The topological polar surface area (TPSA) is 112 Å². The average molecular weight is 493 g/mol. The minimum absolute atomic E-state index is 0.0436. The van der Waals surface area contributed by atoms with Crippen molar-refractivity contribution in [1.29, 1.82) is 0 Å². The summed E-state index contributed by atoms with van der Waals surface area (Å²) in [7, 11) is 1.97. The number of carbonyl (C=O) groups excluding carboxylic acids is 1. The lowest BCUT2D eigenvalue weighted by Gasteiger charge is -2.34. The Balaban J connectivity index is 2.23. The van der Waals surface area contributed by atoms with Crippen LogP contribution >= 0.6 is 0 Å². The summed E-state index contributed by atoms with van der Waals surface area (Å²) < 4.78 is 5.85. The van der Waals surface area contributed by atoms with Gasteiger partial charge in [-0.15, -0.1) is 0 Å². The molecule has 35 heavy (non-hydrogen) atoms. The van der Waals surface area contributed by atoms with Crippen molar-refractivity contribution >= 4 is 5.91 Å². The first kappa shape index (κ1) is 31.3. The van der Waals surface area contributed by atoms with Gasteiger partial charge in [0.25, 0.3) is 5.91 Å². The van der Waals surface area contributed by atoms with Crippen molar-refractivity contribution in [3.05, 3.63) is 29.8 Å². The van der Waals surface area contributed by atoms with Gasteiger partial charge in [-0.25, -0.2) is 0 Å². The fourth-order valence-electron chi connectivity index (χ4n) is 3.56. The van der Waals surface area contributed by atoms with E-state index in [0.717, 1.165) is 77.1 Å². The van der Waals surface area contributed by atoms with E-state index in [9.17, 15) is 4.79 Å². The molecule has 0 atom stereocenters. The lowest BCUT2D eigenvalue weighted by atomic mass is 9.97. The number of likely N-dealkylation sites (N-methyl/N-ethyl adjacent to an activating group) is 1. The molecule has 8 nitrogen and oxygen atoms in total. The van der Waals surface area contributed by atoms with E-state index < -0.39 is 0 Å². The van der Waals surface area contributed by atoms with Gasteiger partial charge in [-0.05, 0) is 85.3 Å². The van der Waals surface area contributed by atoms with Gasteiger partial charge in [0.15, 0.2) is 0 Å². The number of nitrogens with one attached hydrogen (secondary N) is 5. The maximum Gasteiger partial charge on any atom is 0.251 e. The molecule has 202 valence electrons. The number of hydrogen-bond acceptors (Lipinski definition) is 7. The van der Waals surface area contributed by atoms with Crippen molar-refractivity contribution in [2.45, 2.75) is 70.9 Å². The lowest BCUT2D eigenvalue weighted by Crippen LogP contribution is -2.54. The van der Waals surface area contributed by atoms with Gasteiger partial charge >= 0.3 is 0 Å². The molecule has 7 N–H and O–H groups in total. The van der Waals surface area contributed by atoms with Crippen LogP contribution in [-0.2, 0) is 0 Å². The predicted molar refractivity (Wildman–Crippen MR) is 147 cm³/mol. The third kappa shape index (κ3) is 15.8. The fraction of sp³-hybridized carbons (Fsp3) is 0.741. The second-order valence-corrected chi connectivity index (χ2v) is 10.5. The average Bonchev–Trinajstić information content (AvgIpc) is 2.82. The molecule has 0 saturated heterocycles. The van der Waals surface area contributed by atoms with E-state index in [1.54, 1.807) is 0 Å². The van der Waals surface area contributed by atoms with E-state index in [1.807, 2.05) is 31.3 Å². The van der Waals surface area contributed by atoms with Crippen molar-refractivity contribution in [3.8, 4) is 5.75 Å². The third-order valence-electron chi connectivity index (χ3n) is 5.97. The predicted octanol–water partition coefficient (Wildman–Crippen LogP) is 2.25. The van der Waals surface area contributed by atoms with Gasteiger partial charge < -0.3 is 37.1 Å². The number of unbranched alkanes of at least 4 members (excludes halogenated alkanes) is 3. The Morgan fingerprint density at radius 1 is 0.914 bits per heavy atom. The smallest absolute Gasteiger partial charge is 0.251 e. The summed E-state index contributed by atoms with van der Waals surface area (Å²) in [5.74, 6) is 0.667. The van der Waals surface area contributed by atoms with Crippen LogP contribution in [0.4, 0.5) is 0 Å². The van der Waals surface area contributed by atoms with Gasteiger partial charge in [-0.2, -0.15) is 0 Å². The van der Waals surface area contributed by atoms with E-state index in [1.165, 1.54) is 0 Å². The van der Waals surface area contributed by atoms with E-state index in [-0.39, 0.29) is 17.0 Å². The molecule has 1 amide bonds. The lowest BCUT2D eigenvalue weighted by molar-refractivity contribution is 0.0952. The van der Waals surface area contributed by atoms with Gasteiger partial charge in [0.05, 0.1) is 0 Å². The number of amides is 1. The first-order chi connectivity index (χ1) is 16.7. The van der Waals surface area contributed by atoms with Crippen LogP contribution in [0.3, 0.4) is 0 Å². The molecule has 0 spiro atoms. The molecule has 0 unspecified atom stereocenters. The Labute approximate surface area is 213 Å². The Morgan fingerprint density at radius 2 is 1.69 bits per heavy atom. The number of ether oxygens (including phenoxy) is 1. The van der Waals surface area contributed by atoms with E-state index >= 15 is 0 Å². The molecule has 0 bridgehead atoms. The van der Waals surface area contributed by atoms with Crippen molar-refractivity contribution in [2.75, 3.05) is 59.5 Å². The molecule has 1 aromatic carbocycles. The van der Waals surface area contributed by atoms with Crippen LogP contribution in [0.5, 0.6) is 5.75 Å². The van der Waals surface area contributed by atoms with Crippen LogP contribution in [0.15, 0.2) is 24.3 Å². The first-order valence-electron chi connectivity index (χ1n) is 13.3. The van der Waals surface area contributed by atoms with Gasteiger partial charge in [-0.3, -0.25) is 4.79 Å². The summed E-state index contributed by atoms with van der Waals surface area (Å²) in [5, 5.41) is 16.9. The van der Waals surface area contributed by atoms with Crippen LogP contribution in [0.1, 0.15) is 70.2 Å². The molecule has 8 heteroatoms. The minimum Gasteiger partial charge on any atom is -0.492 e. The number of carbonyl (C=O) groups is 1. The SMILES string of the molecule is CNCCNC(C)(C)CNC(C)(C)CCNCCOc1cccc(C(=O)NCCCCCCN)c1. The molecule has 0 aromatic heterocycles. The summed E-state index contributed by atoms with van der Waals surface area (Å²) in [6.45, 7) is 15.4. The number of rotatable bonds is 21. The van der Waals surface area contributed by atoms with Crippen LogP contribution in [0, 0.1) is 0 Å². The molecular weight excluding hydrogens is 440 g/mol. The Kier molecular flexibility index (Phi) is 15.8. The standard InChI is InChI=1S/C27H52N6O2/c1-26(2,33-22-27(3,4)32-18-17-29-5)13-16-30-19-20-35-24-12-10-11-23(21-24)25(34)31-15-9-7-6-8-14-28/h10-12,21,29-30,32-33H,6-9,13-20,22,28H2,1-5H3,(H,31,34). The molecule has 1 rings (SSSR count). The monoisotopic (exact) mass is 492 g/mol. The van der Waals surface area contributed by atoms with Crippen LogP contribution in [0.25, 0.3) is 0 Å². The second kappa shape index (κ2) is 17.7. The number of nitrogens with two attached hydrogens (primary N) is 1. The fourth-order valence-corrected chi connectivity index (χ4v) is 3.56. The minimum atomic E-state index is -0.0532. The highest BCUT2D eigenvalue weighted by atomic mass is 16.5. The third-order valence-corrected chi connectivity index (χ3v) is 5.97. The van der Waals surface area contributed by atoms with Gasteiger partial charge in [0.1, 0.15) is 12.4 Å². The zero-order valence-electron chi connectivity index (χ0n) is 22.9. The Morgan fingerprint density at radius 3 is 2.43 bits per heavy atom. The quantitative estimate of drug-likeness (QED) is 0.146. The van der Waals surface area contributed by atoms with Gasteiger partial charge in [-0.1, -0.05) is 18.9 Å². The molecular formula is C27H52N6O2. The van der Waals surface area contributed by atoms with Gasteiger partial charge in [0, 0.05) is 49.4 Å². The Hall–Kier alpha value is -1.71. The van der Waals surface area contributed by atoms with Crippen LogP contribution in [-0.4, -0.2) is 76.5 Å². The van der Waals surface area contributed by atoms with Crippen molar-refractivity contribution in [2.24, 2.45) is 5.73 Å². The molecule has 0 saturated carbocycles. The summed E-state index contributed by atoms with van der Waals surface area (Å²) in [6, 6.07) is 7.38. The highest BCUT2D eigenvalue weighted by molar-refractivity contribution is 5.94. The molecule has 0 radical (unpaired) electrons. The van der Waals surface area contributed by atoms with Crippen LogP contribution < -0.4 is 37.1 Å². The van der Waals surface area contributed by atoms with Gasteiger partial charge in [0.2, 0.25) is 0 Å². The molecule has 0 heterocycles. The summed E-state index contributed by atoms with van der Waals surface area (Å²) in [4.78, 5) is 12.4. The number of hydrogen-bond donors (Lipinski definition) is 6. The van der Waals surface area contributed by atoms with Crippen LogP contribution in [0.2, 0.25) is 0 Å². The zero-order valence-corrected chi connectivity index (χ0v) is 22.9. The van der Waals surface area contributed by atoms with Crippen molar-refractivity contribution in [3.63, 3.8) is 0 Å². The highest BCUT2D eigenvalue weighted by Crippen LogP contribution is 2.13. The van der Waals surface area contributed by atoms with Crippen molar-refractivity contribution in [1.82, 2.24) is 26.6 Å². The van der Waals surface area contributed by atoms with E-state index in [2.05, 4.69) is 54.3 Å². The zero-order chi connectivity index (χ0) is 26.0. The summed E-state index contributed by atoms with van der Waals surface area (Å²) in [6.07, 6.45) is 5.24.